The first kappa shape index (κ1) is 18.0. The van der Waals surface area contributed by atoms with E-state index in [1.165, 1.54) is 4.68 Å². The first-order valence-electron chi connectivity index (χ1n) is 7.92. The predicted octanol–water partition coefficient (Wildman–Crippen LogP) is 2.61. The number of anilines is 1. The van der Waals surface area contributed by atoms with Gasteiger partial charge in [-0.2, -0.15) is 10.2 Å². The molecule has 3 rings (SSSR count). The molecule has 9 heteroatoms. The molecule has 0 spiro atoms. The molecular weight excluding hydrogens is 356 g/mol. The van der Waals surface area contributed by atoms with Crippen molar-refractivity contribution >= 4 is 23.3 Å². The Bertz CT molecular complexity index is 889. The average Bonchev–Trinajstić information content (AvgIpc) is 3.23. The maximum absolute atomic E-state index is 12.3. The van der Waals surface area contributed by atoms with Crippen LogP contribution in [0.25, 0.3) is 0 Å². The number of amides is 1. The summed E-state index contributed by atoms with van der Waals surface area (Å²) in [7, 11) is 3.91. The summed E-state index contributed by atoms with van der Waals surface area (Å²) in [5.41, 5.74) is 1.17. The monoisotopic (exact) mass is 374 g/mol. The zero-order valence-electron chi connectivity index (χ0n) is 14.4. The van der Waals surface area contributed by atoms with Gasteiger partial charge in [-0.05, 0) is 32.3 Å². The lowest BCUT2D eigenvalue weighted by molar-refractivity contribution is 0.102. The van der Waals surface area contributed by atoms with Crippen LogP contribution in [-0.4, -0.2) is 44.9 Å². The van der Waals surface area contributed by atoms with Gasteiger partial charge in [-0.1, -0.05) is 23.7 Å². The number of hydrogen-bond donors (Lipinski definition) is 2. The first-order chi connectivity index (χ1) is 12.5. The summed E-state index contributed by atoms with van der Waals surface area (Å²) in [6, 6.07) is 10.6. The second-order valence-electron chi connectivity index (χ2n) is 5.91. The van der Waals surface area contributed by atoms with Crippen molar-refractivity contribution in [2.45, 2.75) is 13.3 Å². The molecule has 0 fully saturated rings. The number of carbonyl (C=O) groups is 1. The molecule has 2 aromatic heterocycles. The number of nitrogens with zero attached hydrogens (tertiary/aromatic N) is 4. The maximum Gasteiger partial charge on any atom is 0.277 e. The molecule has 0 radical (unpaired) electrons. The zero-order valence-corrected chi connectivity index (χ0v) is 15.2. The molecule has 2 N–H and O–H groups in total. The predicted molar refractivity (Wildman–Crippen MR) is 98.2 cm³/mol. The second-order valence-corrected chi connectivity index (χ2v) is 6.32. The third-order valence-corrected chi connectivity index (χ3v) is 3.73. The van der Waals surface area contributed by atoms with Gasteiger partial charge in [0.05, 0.1) is 10.7 Å². The SMILES string of the molecule is CN(C)Cc1cc(NC(=O)c2ccn(COc3ccccc3Cl)n2)n[nH]1. The lowest BCUT2D eigenvalue weighted by Crippen LogP contribution is -2.14. The van der Waals surface area contributed by atoms with Gasteiger partial charge in [-0.25, -0.2) is 4.68 Å². The Morgan fingerprint density at radius 1 is 1.35 bits per heavy atom. The number of para-hydroxylation sites is 1. The summed E-state index contributed by atoms with van der Waals surface area (Å²) in [5, 5.41) is 14.4. The molecular formula is C17H19ClN6O2. The van der Waals surface area contributed by atoms with Gasteiger partial charge >= 0.3 is 0 Å². The lowest BCUT2D eigenvalue weighted by Gasteiger charge is -2.07. The number of H-pyrrole nitrogens is 1. The average molecular weight is 375 g/mol. The number of halogens is 1. The molecule has 1 aromatic carbocycles. The van der Waals surface area contributed by atoms with E-state index >= 15 is 0 Å². The molecule has 3 aromatic rings. The van der Waals surface area contributed by atoms with Crippen LogP contribution in [0.5, 0.6) is 5.75 Å². The van der Waals surface area contributed by atoms with E-state index in [4.69, 9.17) is 16.3 Å². The van der Waals surface area contributed by atoms with Gasteiger partial charge < -0.3 is 15.0 Å². The minimum Gasteiger partial charge on any atom is -0.470 e. The summed E-state index contributed by atoms with van der Waals surface area (Å²) in [6.07, 6.45) is 1.66. The molecule has 0 aliphatic carbocycles. The zero-order chi connectivity index (χ0) is 18.5. The molecule has 0 saturated carbocycles. The fourth-order valence-corrected chi connectivity index (χ4v) is 2.47. The van der Waals surface area contributed by atoms with E-state index in [1.807, 2.05) is 31.1 Å². The summed E-state index contributed by atoms with van der Waals surface area (Å²) < 4.78 is 7.10. The van der Waals surface area contributed by atoms with Crippen LogP contribution in [0.2, 0.25) is 5.02 Å². The van der Waals surface area contributed by atoms with Gasteiger partial charge in [0, 0.05) is 18.8 Å². The quantitative estimate of drug-likeness (QED) is 0.663. The first-order valence-corrected chi connectivity index (χ1v) is 8.30. The fraction of sp³-hybridized carbons (Fsp3) is 0.235. The van der Waals surface area contributed by atoms with E-state index in [0.29, 0.717) is 23.1 Å². The van der Waals surface area contributed by atoms with Crippen LogP contribution in [0.1, 0.15) is 16.2 Å². The van der Waals surface area contributed by atoms with Crippen LogP contribution in [0.3, 0.4) is 0 Å². The third-order valence-electron chi connectivity index (χ3n) is 3.42. The molecule has 0 atom stereocenters. The molecule has 136 valence electrons. The van der Waals surface area contributed by atoms with Gasteiger partial charge in [0.25, 0.3) is 5.91 Å². The Morgan fingerprint density at radius 3 is 2.92 bits per heavy atom. The number of carbonyl (C=O) groups excluding carboxylic acids is 1. The van der Waals surface area contributed by atoms with Gasteiger partial charge in [0.1, 0.15) is 5.75 Å². The maximum atomic E-state index is 12.3. The Morgan fingerprint density at radius 2 is 2.15 bits per heavy atom. The molecule has 0 saturated heterocycles. The molecule has 0 unspecified atom stereocenters. The van der Waals surface area contributed by atoms with Crippen LogP contribution in [0, 0.1) is 0 Å². The molecule has 8 nitrogen and oxygen atoms in total. The van der Waals surface area contributed by atoms with Gasteiger partial charge in [0.15, 0.2) is 18.2 Å². The van der Waals surface area contributed by atoms with E-state index < -0.39 is 0 Å². The number of rotatable bonds is 7. The van der Waals surface area contributed by atoms with E-state index in [-0.39, 0.29) is 18.3 Å². The largest absolute Gasteiger partial charge is 0.470 e. The second kappa shape index (κ2) is 8.03. The van der Waals surface area contributed by atoms with Crippen molar-refractivity contribution in [3.05, 3.63) is 59.0 Å². The van der Waals surface area contributed by atoms with E-state index in [2.05, 4.69) is 20.6 Å². The Hall–Kier alpha value is -2.84. The van der Waals surface area contributed by atoms with Crippen molar-refractivity contribution < 1.29 is 9.53 Å². The van der Waals surface area contributed by atoms with Crippen LogP contribution < -0.4 is 10.1 Å². The minimum atomic E-state index is -0.343. The van der Waals surface area contributed by atoms with Crippen molar-refractivity contribution in [3.8, 4) is 5.75 Å². The summed E-state index contributed by atoms with van der Waals surface area (Å²) in [4.78, 5) is 14.3. The summed E-state index contributed by atoms with van der Waals surface area (Å²) in [5.74, 6) is 0.665. The highest BCUT2D eigenvalue weighted by molar-refractivity contribution is 6.32. The van der Waals surface area contributed by atoms with Crippen LogP contribution in [0.4, 0.5) is 5.82 Å². The molecule has 1 amide bonds. The van der Waals surface area contributed by atoms with Crippen molar-refractivity contribution in [1.82, 2.24) is 24.9 Å². The molecule has 0 aliphatic heterocycles. The Labute approximate surface area is 155 Å². The summed E-state index contributed by atoms with van der Waals surface area (Å²) >= 11 is 6.04. The number of aromatic amines is 1. The molecule has 26 heavy (non-hydrogen) atoms. The van der Waals surface area contributed by atoms with Crippen molar-refractivity contribution in [2.24, 2.45) is 0 Å². The van der Waals surface area contributed by atoms with E-state index in [1.54, 1.807) is 30.5 Å². The van der Waals surface area contributed by atoms with Crippen LogP contribution in [0.15, 0.2) is 42.6 Å². The third kappa shape index (κ3) is 4.62. The smallest absolute Gasteiger partial charge is 0.277 e. The number of hydrogen-bond acceptors (Lipinski definition) is 5. The number of nitrogens with one attached hydrogen (secondary N) is 2. The van der Waals surface area contributed by atoms with Crippen molar-refractivity contribution in [2.75, 3.05) is 19.4 Å². The summed E-state index contributed by atoms with van der Waals surface area (Å²) in [6.45, 7) is 0.850. The molecule has 0 bridgehead atoms. The van der Waals surface area contributed by atoms with Crippen LogP contribution >= 0.6 is 11.6 Å². The van der Waals surface area contributed by atoms with Crippen molar-refractivity contribution in [3.63, 3.8) is 0 Å². The van der Waals surface area contributed by atoms with Crippen LogP contribution in [-0.2, 0) is 13.3 Å². The number of ether oxygens (including phenoxy) is 1. The topological polar surface area (TPSA) is 88.1 Å². The molecule has 2 heterocycles. The Kier molecular flexibility index (Phi) is 5.55. The Balaban J connectivity index is 1.57. The standard InChI is InChI=1S/C17H19ClN6O2/c1-23(2)10-12-9-16(21-20-12)19-17(25)14-7-8-24(22-14)11-26-15-6-4-3-5-13(15)18/h3-9H,10-11H2,1-2H3,(H2,19,20,21,25). The minimum absolute atomic E-state index is 0.145. The highest BCUT2D eigenvalue weighted by atomic mass is 35.5. The van der Waals surface area contributed by atoms with Gasteiger partial charge in [-0.3, -0.25) is 9.89 Å². The highest BCUT2D eigenvalue weighted by Crippen LogP contribution is 2.23. The van der Waals surface area contributed by atoms with E-state index in [9.17, 15) is 4.79 Å². The number of aromatic nitrogens is 4. The van der Waals surface area contributed by atoms with Crippen molar-refractivity contribution in [1.29, 1.82) is 0 Å². The fourth-order valence-electron chi connectivity index (χ4n) is 2.28. The molecule has 0 aliphatic rings. The van der Waals surface area contributed by atoms with Gasteiger partial charge in [-0.15, -0.1) is 0 Å². The van der Waals surface area contributed by atoms with Gasteiger partial charge in [0.2, 0.25) is 0 Å². The number of benzene rings is 1. The lowest BCUT2D eigenvalue weighted by atomic mass is 10.3. The normalized spacial score (nSPS) is 10.9. The highest BCUT2D eigenvalue weighted by Gasteiger charge is 2.12. The van der Waals surface area contributed by atoms with E-state index in [0.717, 1.165) is 5.69 Å².